The van der Waals surface area contributed by atoms with E-state index in [1.807, 2.05) is 6.92 Å². The van der Waals surface area contributed by atoms with Crippen LogP contribution in [-0.2, 0) is 66.7 Å². The second-order valence-electron chi connectivity index (χ2n) is 12.9. The van der Waals surface area contributed by atoms with Crippen LogP contribution in [0.5, 0.6) is 0 Å². The van der Waals surface area contributed by atoms with E-state index in [1.54, 1.807) is 13.8 Å². The van der Waals surface area contributed by atoms with Gasteiger partial charge in [-0.25, -0.2) is 4.79 Å². The van der Waals surface area contributed by atoms with Gasteiger partial charge in [0.2, 0.25) is 0 Å². The van der Waals surface area contributed by atoms with Crippen molar-refractivity contribution in [3.05, 3.63) is 11.6 Å². The van der Waals surface area contributed by atoms with Crippen LogP contribution in [0.15, 0.2) is 11.6 Å². The SMILES string of the molecule is CCC(=O)O[C@H]1C[C@@H](OC(C)=O)/C(COC(C)=O)=C\[C@@H]2OC(=O)[C@]3(C)O[C@]23[C@@H](OC(C)=O)[C@H]2[C@@]3(C)O[C@H]3C[C@H](OC(C)=O)[C@]12C. The molecule has 2 aliphatic carbocycles. The van der Waals surface area contributed by atoms with Crippen molar-refractivity contribution in [1.82, 2.24) is 0 Å². The van der Waals surface area contributed by atoms with E-state index in [4.69, 9.17) is 37.9 Å². The highest BCUT2D eigenvalue weighted by Crippen LogP contribution is 2.69. The summed E-state index contributed by atoms with van der Waals surface area (Å²) < 4.78 is 47.6. The zero-order valence-corrected chi connectivity index (χ0v) is 26.7. The Kier molecular flexibility index (Phi) is 8.09. The molecule has 5 aliphatic rings. The molecule has 248 valence electrons. The van der Waals surface area contributed by atoms with E-state index >= 15 is 0 Å². The molecule has 11 atom stereocenters. The van der Waals surface area contributed by atoms with E-state index in [1.165, 1.54) is 40.7 Å². The lowest BCUT2D eigenvalue weighted by molar-refractivity contribution is -0.216. The molecule has 4 fully saturated rings. The van der Waals surface area contributed by atoms with Gasteiger partial charge in [-0.15, -0.1) is 0 Å². The molecule has 5 rings (SSSR count). The lowest BCUT2D eigenvalue weighted by Gasteiger charge is -2.54. The Morgan fingerprint density at radius 2 is 1.49 bits per heavy atom. The van der Waals surface area contributed by atoms with Crippen LogP contribution in [0.3, 0.4) is 0 Å². The fourth-order valence-corrected chi connectivity index (χ4v) is 7.86. The van der Waals surface area contributed by atoms with Crippen LogP contribution in [0.2, 0.25) is 0 Å². The number of ether oxygens (including phenoxy) is 8. The molecular formula is C31H40O14. The molecule has 14 heteroatoms. The fraction of sp³-hybridized carbons (Fsp3) is 0.742. The van der Waals surface area contributed by atoms with Gasteiger partial charge in [0.15, 0.2) is 17.3 Å². The number of hydrogen-bond acceptors (Lipinski definition) is 14. The minimum Gasteiger partial charge on any atom is -0.462 e. The number of hydrogen-bond donors (Lipinski definition) is 0. The van der Waals surface area contributed by atoms with E-state index in [-0.39, 0.29) is 31.4 Å². The maximum absolute atomic E-state index is 13.4. The minimum atomic E-state index is -1.63. The largest absolute Gasteiger partial charge is 0.462 e. The van der Waals surface area contributed by atoms with Crippen LogP contribution in [-0.4, -0.2) is 95.8 Å². The van der Waals surface area contributed by atoms with Crippen molar-refractivity contribution < 1.29 is 66.7 Å². The van der Waals surface area contributed by atoms with Gasteiger partial charge in [0.25, 0.3) is 0 Å². The quantitative estimate of drug-likeness (QED) is 0.170. The van der Waals surface area contributed by atoms with Crippen LogP contribution in [0.25, 0.3) is 0 Å². The van der Waals surface area contributed by atoms with Gasteiger partial charge < -0.3 is 37.9 Å². The predicted molar refractivity (Wildman–Crippen MR) is 148 cm³/mol. The maximum atomic E-state index is 13.4. The lowest BCUT2D eigenvalue weighted by Crippen LogP contribution is -2.66. The van der Waals surface area contributed by atoms with Gasteiger partial charge in [-0.05, 0) is 19.9 Å². The highest BCUT2D eigenvalue weighted by atomic mass is 16.7. The Bertz CT molecular complexity index is 1360. The molecule has 1 saturated carbocycles. The molecule has 3 heterocycles. The van der Waals surface area contributed by atoms with Crippen LogP contribution in [0.4, 0.5) is 0 Å². The lowest BCUT2D eigenvalue weighted by atomic mass is 9.53. The first-order valence-electron chi connectivity index (χ1n) is 15.1. The van der Waals surface area contributed by atoms with Gasteiger partial charge in [0.05, 0.1) is 17.1 Å². The number of esters is 6. The van der Waals surface area contributed by atoms with E-state index < -0.39 is 101 Å². The Hall–Kier alpha value is -3.52. The summed E-state index contributed by atoms with van der Waals surface area (Å²) in [6, 6.07) is 0. The summed E-state index contributed by atoms with van der Waals surface area (Å²) in [5.74, 6) is -4.85. The van der Waals surface area contributed by atoms with Crippen molar-refractivity contribution in [3.8, 4) is 0 Å². The van der Waals surface area contributed by atoms with Gasteiger partial charge in [0.1, 0.15) is 31.0 Å². The zero-order chi connectivity index (χ0) is 33.3. The standard InChI is InChI=1S/C31H40O14/c1-9-24(36)42-20-11-19(39-15(3)33)18(13-38-14(2)32)10-23-31(30(8,45-31)27(37)43-23)26(41-17(5)35)25-28(20,6)21(40-16(4)34)12-22-29(25,7)44-22/h10,19-23,25-26H,9,11-13H2,1-8H3/b18-10-/t19-,20+,21+,22+,23+,25-,26+,28+,29+,30+,31+/m1/s1. The van der Waals surface area contributed by atoms with Crippen molar-refractivity contribution in [2.24, 2.45) is 11.3 Å². The van der Waals surface area contributed by atoms with E-state index in [9.17, 15) is 28.8 Å². The average molecular weight is 637 g/mol. The number of carbonyl (C=O) groups is 6. The van der Waals surface area contributed by atoms with Crippen molar-refractivity contribution >= 4 is 35.8 Å². The summed E-state index contributed by atoms with van der Waals surface area (Å²) >= 11 is 0. The molecule has 45 heavy (non-hydrogen) atoms. The molecule has 0 radical (unpaired) electrons. The summed E-state index contributed by atoms with van der Waals surface area (Å²) in [5.41, 5.74) is -5.40. The topological polar surface area (TPSA) is 183 Å². The Balaban J connectivity index is 1.81. The third kappa shape index (κ3) is 5.19. The smallest absolute Gasteiger partial charge is 0.342 e. The van der Waals surface area contributed by atoms with Crippen LogP contribution < -0.4 is 0 Å². The number of epoxide rings is 2. The van der Waals surface area contributed by atoms with Crippen molar-refractivity contribution in [2.75, 3.05) is 6.61 Å². The molecule has 3 aliphatic heterocycles. The Morgan fingerprint density at radius 1 is 0.867 bits per heavy atom. The van der Waals surface area contributed by atoms with E-state index in [2.05, 4.69) is 0 Å². The minimum absolute atomic E-state index is 0.0108. The normalized spacial score (nSPS) is 43.7. The summed E-state index contributed by atoms with van der Waals surface area (Å²) in [4.78, 5) is 76.2. The fourth-order valence-electron chi connectivity index (χ4n) is 7.86. The summed E-state index contributed by atoms with van der Waals surface area (Å²) in [5, 5.41) is 0. The van der Waals surface area contributed by atoms with Gasteiger partial charge in [-0.1, -0.05) is 13.8 Å². The molecule has 0 unspecified atom stereocenters. The van der Waals surface area contributed by atoms with Crippen molar-refractivity contribution in [2.45, 2.75) is 128 Å². The third-order valence-corrected chi connectivity index (χ3v) is 10.1. The molecule has 3 saturated heterocycles. The van der Waals surface area contributed by atoms with Crippen LogP contribution in [0.1, 0.15) is 74.7 Å². The van der Waals surface area contributed by atoms with Gasteiger partial charge >= 0.3 is 35.8 Å². The molecule has 14 nitrogen and oxygen atoms in total. The van der Waals surface area contributed by atoms with Gasteiger partial charge in [0, 0.05) is 58.4 Å². The second kappa shape index (κ2) is 11.1. The number of fused-ring (bicyclic) bond motifs is 3. The van der Waals surface area contributed by atoms with Crippen LogP contribution >= 0.6 is 0 Å². The molecule has 0 bridgehead atoms. The highest BCUT2D eigenvalue weighted by molar-refractivity contribution is 5.89. The molecule has 0 aromatic carbocycles. The Morgan fingerprint density at radius 3 is 2.04 bits per heavy atom. The zero-order valence-electron chi connectivity index (χ0n) is 26.7. The summed E-state index contributed by atoms with van der Waals surface area (Å²) in [6.45, 7) is 11.2. The predicted octanol–water partition coefficient (Wildman–Crippen LogP) is 1.63. The van der Waals surface area contributed by atoms with Crippen LogP contribution in [0, 0.1) is 11.3 Å². The molecule has 1 spiro atoms. The molecule has 0 aromatic rings. The monoisotopic (exact) mass is 636 g/mol. The highest BCUT2D eigenvalue weighted by Gasteiger charge is 2.89. The number of carbonyl (C=O) groups excluding carboxylic acids is 6. The Labute approximate surface area is 260 Å². The van der Waals surface area contributed by atoms with Gasteiger partial charge in [-0.2, -0.15) is 0 Å². The second-order valence-corrected chi connectivity index (χ2v) is 12.9. The summed E-state index contributed by atoms with van der Waals surface area (Å²) in [6.07, 6.45) is -4.66. The first-order valence-corrected chi connectivity index (χ1v) is 15.1. The molecular weight excluding hydrogens is 596 g/mol. The van der Waals surface area contributed by atoms with Crippen molar-refractivity contribution in [1.29, 1.82) is 0 Å². The average Bonchev–Trinajstić information content (AvgIpc) is 3.77. The molecule has 0 N–H and O–H groups in total. The maximum Gasteiger partial charge on any atom is 0.342 e. The molecule has 0 aromatic heterocycles. The van der Waals surface area contributed by atoms with Crippen molar-refractivity contribution in [3.63, 3.8) is 0 Å². The first-order chi connectivity index (χ1) is 20.9. The number of rotatable bonds is 7. The van der Waals surface area contributed by atoms with Gasteiger partial charge in [-0.3, -0.25) is 24.0 Å². The van der Waals surface area contributed by atoms with E-state index in [0.29, 0.717) is 0 Å². The third-order valence-electron chi connectivity index (χ3n) is 10.1. The summed E-state index contributed by atoms with van der Waals surface area (Å²) in [7, 11) is 0. The molecule has 0 amide bonds. The van der Waals surface area contributed by atoms with E-state index in [0.717, 1.165) is 0 Å². The first kappa shape index (κ1) is 32.9.